The average Bonchev–Trinajstić information content (AvgIpc) is 2.86. The molecule has 0 saturated carbocycles. The zero-order chi connectivity index (χ0) is 14.3. The molecule has 0 spiro atoms. The number of aryl methyl sites for hydroxylation is 2. The normalized spacial score (nSPS) is 12.8. The maximum atomic E-state index is 6.43. The Morgan fingerprint density at radius 2 is 1.75 bits per heavy atom. The Bertz CT molecular complexity index is 743. The van der Waals surface area contributed by atoms with Gasteiger partial charge in [0.05, 0.1) is 6.04 Å². The quantitative estimate of drug-likeness (QED) is 0.690. The van der Waals surface area contributed by atoms with Crippen LogP contribution in [0.3, 0.4) is 0 Å². The first-order valence-electron chi connectivity index (χ1n) is 6.57. The van der Waals surface area contributed by atoms with Gasteiger partial charge < -0.3 is 5.73 Å². The Balaban J connectivity index is 2.07. The maximum absolute atomic E-state index is 6.43. The molecule has 0 saturated heterocycles. The highest BCUT2D eigenvalue weighted by atomic mass is 35.5. The van der Waals surface area contributed by atoms with Crippen molar-refractivity contribution >= 4 is 33.0 Å². The summed E-state index contributed by atoms with van der Waals surface area (Å²) in [6.07, 6.45) is 0. The first kappa shape index (κ1) is 13.6. The van der Waals surface area contributed by atoms with Crippen LogP contribution in [-0.4, -0.2) is 0 Å². The summed E-state index contributed by atoms with van der Waals surface area (Å²) in [5.41, 5.74) is 9.85. The zero-order valence-corrected chi connectivity index (χ0v) is 13.1. The molecule has 20 heavy (non-hydrogen) atoms. The van der Waals surface area contributed by atoms with E-state index in [1.54, 1.807) is 11.3 Å². The van der Waals surface area contributed by atoms with E-state index in [0.29, 0.717) is 0 Å². The molecular weight excluding hydrogens is 286 g/mol. The molecule has 0 aliphatic rings. The van der Waals surface area contributed by atoms with E-state index in [0.717, 1.165) is 15.5 Å². The Labute approximate surface area is 128 Å². The van der Waals surface area contributed by atoms with E-state index in [4.69, 9.17) is 17.3 Å². The van der Waals surface area contributed by atoms with E-state index < -0.39 is 0 Å². The van der Waals surface area contributed by atoms with Crippen molar-refractivity contribution < 1.29 is 0 Å². The van der Waals surface area contributed by atoms with E-state index >= 15 is 0 Å². The summed E-state index contributed by atoms with van der Waals surface area (Å²) >= 11 is 8.10. The average molecular weight is 302 g/mol. The Morgan fingerprint density at radius 3 is 2.50 bits per heavy atom. The minimum Gasteiger partial charge on any atom is -0.320 e. The fraction of sp³-hybridized carbons (Fsp3) is 0.176. The largest absolute Gasteiger partial charge is 0.320 e. The van der Waals surface area contributed by atoms with Gasteiger partial charge in [-0.3, -0.25) is 0 Å². The standard InChI is InChI=1S/C17H16ClNS/c1-10-7-13(14(18)8-11(10)2)17(19)16-9-12-5-3-4-6-15(12)20-16/h3-9,17H,19H2,1-2H3. The van der Waals surface area contributed by atoms with Crippen molar-refractivity contribution in [3.05, 3.63) is 69.1 Å². The van der Waals surface area contributed by atoms with Crippen molar-refractivity contribution in [2.24, 2.45) is 5.73 Å². The SMILES string of the molecule is Cc1cc(Cl)c(C(N)c2cc3ccccc3s2)cc1C. The van der Waals surface area contributed by atoms with Gasteiger partial charge in [0.2, 0.25) is 0 Å². The lowest BCUT2D eigenvalue weighted by atomic mass is 10.0. The van der Waals surface area contributed by atoms with Crippen molar-refractivity contribution in [3.8, 4) is 0 Å². The zero-order valence-electron chi connectivity index (χ0n) is 11.5. The lowest BCUT2D eigenvalue weighted by molar-refractivity contribution is 0.891. The van der Waals surface area contributed by atoms with E-state index in [9.17, 15) is 0 Å². The molecule has 3 heteroatoms. The topological polar surface area (TPSA) is 26.0 Å². The van der Waals surface area contributed by atoms with Crippen LogP contribution in [-0.2, 0) is 0 Å². The highest BCUT2D eigenvalue weighted by Gasteiger charge is 2.16. The number of fused-ring (bicyclic) bond motifs is 1. The van der Waals surface area contributed by atoms with E-state index in [1.807, 2.05) is 12.1 Å². The molecule has 3 rings (SSSR count). The summed E-state index contributed by atoms with van der Waals surface area (Å²) in [5, 5.41) is 1.99. The molecule has 102 valence electrons. The first-order valence-corrected chi connectivity index (χ1v) is 7.76. The number of rotatable bonds is 2. The van der Waals surface area contributed by atoms with Gasteiger partial charge in [0.15, 0.2) is 0 Å². The fourth-order valence-electron chi connectivity index (χ4n) is 2.35. The second kappa shape index (κ2) is 5.21. The minimum atomic E-state index is -0.167. The van der Waals surface area contributed by atoms with E-state index in [2.05, 4.69) is 44.2 Å². The summed E-state index contributed by atoms with van der Waals surface area (Å²) in [4.78, 5) is 1.15. The summed E-state index contributed by atoms with van der Waals surface area (Å²) in [6.45, 7) is 4.16. The van der Waals surface area contributed by atoms with Gasteiger partial charge in [0, 0.05) is 14.6 Å². The molecule has 1 nitrogen and oxygen atoms in total. The van der Waals surface area contributed by atoms with Crippen LogP contribution in [0.1, 0.15) is 27.6 Å². The number of hydrogen-bond acceptors (Lipinski definition) is 2. The van der Waals surface area contributed by atoms with Crippen LogP contribution in [0.2, 0.25) is 5.02 Å². The third-order valence-electron chi connectivity index (χ3n) is 3.70. The molecule has 0 fully saturated rings. The van der Waals surface area contributed by atoms with Gasteiger partial charge in [-0.2, -0.15) is 0 Å². The second-order valence-corrected chi connectivity index (χ2v) is 6.64. The number of thiophene rings is 1. The van der Waals surface area contributed by atoms with Gasteiger partial charge in [0.1, 0.15) is 0 Å². The number of nitrogens with two attached hydrogens (primary N) is 1. The van der Waals surface area contributed by atoms with Gasteiger partial charge in [-0.15, -0.1) is 11.3 Å². The molecule has 1 heterocycles. The van der Waals surface area contributed by atoms with Crippen molar-refractivity contribution in [2.45, 2.75) is 19.9 Å². The highest BCUT2D eigenvalue weighted by molar-refractivity contribution is 7.19. The molecule has 2 aromatic carbocycles. The first-order chi connectivity index (χ1) is 9.56. The third kappa shape index (κ3) is 2.35. The summed E-state index contributed by atoms with van der Waals surface area (Å²) in [6, 6.07) is 14.4. The number of hydrogen-bond donors (Lipinski definition) is 1. The minimum absolute atomic E-state index is 0.167. The molecule has 0 amide bonds. The predicted octanol–water partition coefficient (Wildman–Crippen LogP) is 5.22. The number of benzene rings is 2. The van der Waals surface area contributed by atoms with Gasteiger partial charge >= 0.3 is 0 Å². The third-order valence-corrected chi connectivity index (χ3v) is 5.23. The van der Waals surface area contributed by atoms with Gasteiger partial charge in [0.25, 0.3) is 0 Å². The molecule has 2 N–H and O–H groups in total. The van der Waals surface area contributed by atoms with Gasteiger partial charge in [-0.25, -0.2) is 0 Å². The predicted molar refractivity (Wildman–Crippen MR) is 88.8 cm³/mol. The summed E-state index contributed by atoms with van der Waals surface area (Å²) in [7, 11) is 0. The molecule has 1 unspecified atom stereocenters. The van der Waals surface area contributed by atoms with Gasteiger partial charge in [-0.1, -0.05) is 35.9 Å². The monoisotopic (exact) mass is 301 g/mol. The van der Waals surface area contributed by atoms with E-state index in [-0.39, 0.29) is 6.04 Å². The molecule has 0 aliphatic heterocycles. The molecule has 0 aliphatic carbocycles. The molecule has 3 aromatic rings. The Hall–Kier alpha value is -1.35. The highest BCUT2D eigenvalue weighted by Crippen LogP contribution is 2.35. The Morgan fingerprint density at radius 1 is 1.05 bits per heavy atom. The number of halogens is 1. The second-order valence-electron chi connectivity index (χ2n) is 5.12. The van der Waals surface area contributed by atoms with Crippen LogP contribution in [0.15, 0.2) is 42.5 Å². The van der Waals surface area contributed by atoms with Crippen molar-refractivity contribution in [3.63, 3.8) is 0 Å². The van der Waals surface area contributed by atoms with Crippen LogP contribution in [0.25, 0.3) is 10.1 Å². The van der Waals surface area contributed by atoms with Crippen LogP contribution in [0.5, 0.6) is 0 Å². The molecule has 1 atom stereocenters. The fourth-order valence-corrected chi connectivity index (χ4v) is 3.77. The molecule has 1 aromatic heterocycles. The van der Waals surface area contributed by atoms with Crippen molar-refractivity contribution in [1.29, 1.82) is 0 Å². The van der Waals surface area contributed by atoms with E-state index in [1.165, 1.54) is 21.2 Å². The van der Waals surface area contributed by atoms with Crippen LogP contribution in [0.4, 0.5) is 0 Å². The Kier molecular flexibility index (Phi) is 3.55. The molecule has 0 radical (unpaired) electrons. The molecular formula is C17H16ClNS. The van der Waals surface area contributed by atoms with Crippen LogP contribution >= 0.6 is 22.9 Å². The maximum Gasteiger partial charge on any atom is 0.0661 e. The van der Waals surface area contributed by atoms with Crippen molar-refractivity contribution in [2.75, 3.05) is 0 Å². The van der Waals surface area contributed by atoms with Gasteiger partial charge in [-0.05, 0) is 54.1 Å². The summed E-state index contributed by atoms with van der Waals surface area (Å²) in [5.74, 6) is 0. The lowest BCUT2D eigenvalue weighted by Crippen LogP contribution is -2.11. The molecule has 0 bridgehead atoms. The smallest absolute Gasteiger partial charge is 0.0661 e. The lowest BCUT2D eigenvalue weighted by Gasteiger charge is -2.14. The van der Waals surface area contributed by atoms with Crippen molar-refractivity contribution in [1.82, 2.24) is 0 Å². The van der Waals surface area contributed by atoms with Crippen LogP contribution in [0, 0.1) is 13.8 Å². The summed E-state index contributed by atoms with van der Waals surface area (Å²) < 4.78 is 1.26. The van der Waals surface area contributed by atoms with Crippen LogP contribution < -0.4 is 5.73 Å².